The van der Waals surface area contributed by atoms with E-state index in [-0.39, 0.29) is 34.7 Å². The highest BCUT2D eigenvalue weighted by Crippen LogP contribution is 2.29. The molecule has 0 aromatic heterocycles. The second-order valence-corrected chi connectivity index (χ2v) is 9.26. The number of morpholine rings is 1. The standard InChI is InChI=1S/C18H24ClNO5S/c1-13-2-5-15(6-3-13)25-18(21)14-4-7-16(19)17(12-14)26(22,23)20-8-10-24-11-9-20/h4,7,12-13,15H,2-3,5-6,8-11H2,1H3. The van der Waals surface area contributed by atoms with Gasteiger partial charge in [0.1, 0.15) is 11.0 Å². The highest BCUT2D eigenvalue weighted by molar-refractivity contribution is 7.89. The highest BCUT2D eigenvalue weighted by Gasteiger charge is 2.30. The van der Waals surface area contributed by atoms with Crippen LogP contribution < -0.4 is 0 Å². The van der Waals surface area contributed by atoms with Crippen molar-refractivity contribution in [2.24, 2.45) is 5.92 Å². The van der Waals surface area contributed by atoms with Crippen molar-refractivity contribution in [2.75, 3.05) is 26.3 Å². The molecule has 1 aromatic carbocycles. The Hall–Kier alpha value is -1.15. The molecule has 0 atom stereocenters. The summed E-state index contributed by atoms with van der Waals surface area (Å²) < 4.78 is 37.8. The van der Waals surface area contributed by atoms with Crippen LogP contribution in [-0.2, 0) is 19.5 Å². The van der Waals surface area contributed by atoms with Gasteiger partial charge in [-0.1, -0.05) is 18.5 Å². The van der Waals surface area contributed by atoms with E-state index in [9.17, 15) is 13.2 Å². The van der Waals surface area contributed by atoms with Gasteiger partial charge in [0.25, 0.3) is 0 Å². The van der Waals surface area contributed by atoms with E-state index in [1.54, 1.807) is 0 Å². The minimum Gasteiger partial charge on any atom is -0.459 e. The zero-order valence-electron chi connectivity index (χ0n) is 14.8. The number of carbonyl (C=O) groups is 1. The van der Waals surface area contributed by atoms with E-state index < -0.39 is 16.0 Å². The van der Waals surface area contributed by atoms with E-state index in [1.807, 2.05) is 0 Å². The Balaban J connectivity index is 1.77. The molecule has 1 aliphatic carbocycles. The highest BCUT2D eigenvalue weighted by atomic mass is 35.5. The molecule has 1 saturated heterocycles. The van der Waals surface area contributed by atoms with E-state index in [0.29, 0.717) is 19.1 Å². The van der Waals surface area contributed by atoms with E-state index in [1.165, 1.54) is 22.5 Å². The molecule has 0 radical (unpaired) electrons. The number of rotatable bonds is 4. The summed E-state index contributed by atoms with van der Waals surface area (Å²) in [5.41, 5.74) is 0.208. The van der Waals surface area contributed by atoms with Crippen LogP contribution in [0.2, 0.25) is 5.02 Å². The topological polar surface area (TPSA) is 72.9 Å². The molecule has 1 aromatic rings. The summed E-state index contributed by atoms with van der Waals surface area (Å²) in [4.78, 5) is 12.4. The molecule has 8 heteroatoms. The van der Waals surface area contributed by atoms with Crippen LogP contribution in [-0.4, -0.2) is 51.1 Å². The number of halogens is 1. The van der Waals surface area contributed by atoms with Crippen molar-refractivity contribution in [1.82, 2.24) is 4.31 Å². The molecule has 6 nitrogen and oxygen atoms in total. The molecule has 3 rings (SSSR count). The van der Waals surface area contributed by atoms with Gasteiger partial charge in [0, 0.05) is 13.1 Å². The van der Waals surface area contributed by atoms with Gasteiger partial charge in [0.15, 0.2) is 0 Å². The summed E-state index contributed by atoms with van der Waals surface area (Å²) in [6, 6.07) is 4.27. The first-order chi connectivity index (χ1) is 12.4. The number of nitrogens with zero attached hydrogens (tertiary/aromatic N) is 1. The lowest BCUT2D eigenvalue weighted by molar-refractivity contribution is 0.0173. The number of ether oxygens (including phenoxy) is 2. The van der Waals surface area contributed by atoms with Crippen molar-refractivity contribution in [3.8, 4) is 0 Å². The van der Waals surface area contributed by atoms with Crippen molar-refractivity contribution in [1.29, 1.82) is 0 Å². The van der Waals surface area contributed by atoms with Gasteiger partial charge >= 0.3 is 5.97 Å². The number of carbonyl (C=O) groups excluding carboxylic acids is 1. The molecule has 0 N–H and O–H groups in total. The number of sulfonamides is 1. The molecule has 0 unspecified atom stereocenters. The van der Waals surface area contributed by atoms with Gasteiger partial charge in [0.05, 0.1) is 23.8 Å². The Kier molecular flexibility index (Phi) is 6.22. The lowest BCUT2D eigenvalue weighted by Gasteiger charge is -2.27. The molecule has 0 amide bonds. The molecule has 0 bridgehead atoms. The van der Waals surface area contributed by atoms with Crippen LogP contribution in [0.5, 0.6) is 0 Å². The Morgan fingerprint density at radius 2 is 1.85 bits per heavy atom. The van der Waals surface area contributed by atoms with E-state index in [4.69, 9.17) is 21.1 Å². The normalized spacial score (nSPS) is 25.0. The molecule has 0 spiro atoms. The number of hydrogen-bond donors (Lipinski definition) is 0. The summed E-state index contributed by atoms with van der Waals surface area (Å²) in [7, 11) is -3.78. The molecule has 2 aliphatic rings. The third-order valence-corrected chi connectivity index (χ3v) is 7.37. The van der Waals surface area contributed by atoms with Crippen molar-refractivity contribution < 1.29 is 22.7 Å². The smallest absolute Gasteiger partial charge is 0.338 e. The maximum absolute atomic E-state index is 12.8. The first-order valence-corrected chi connectivity index (χ1v) is 10.8. The van der Waals surface area contributed by atoms with Gasteiger partial charge in [-0.2, -0.15) is 4.31 Å². The van der Waals surface area contributed by atoms with Gasteiger partial charge in [-0.15, -0.1) is 0 Å². The van der Waals surface area contributed by atoms with Crippen LogP contribution in [0.15, 0.2) is 23.1 Å². The third kappa shape index (κ3) is 4.39. The lowest BCUT2D eigenvalue weighted by atomic mass is 9.89. The predicted octanol–water partition coefficient (Wildman–Crippen LogP) is 3.10. The zero-order chi connectivity index (χ0) is 18.7. The number of hydrogen-bond acceptors (Lipinski definition) is 5. The Morgan fingerprint density at radius 3 is 2.50 bits per heavy atom. The summed E-state index contributed by atoms with van der Waals surface area (Å²) in [5, 5.41) is 0.0968. The largest absolute Gasteiger partial charge is 0.459 e. The summed E-state index contributed by atoms with van der Waals surface area (Å²) in [6.45, 7) is 3.43. The van der Waals surface area contributed by atoms with Crippen molar-refractivity contribution >= 4 is 27.6 Å². The van der Waals surface area contributed by atoms with Crippen LogP contribution in [0.3, 0.4) is 0 Å². The molecule has 2 fully saturated rings. The monoisotopic (exact) mass is 401 g/mol. The minimum absolute atomic E-state index is 0.0622. The predicted molar refractivity (Wildman–Crippen MR) is 97.9 cm³/mol. The van der Waals surface area contributed by atoms with Gasteiger partial charge in [0.2, 0.25) is 10.0 Å². The maximum Gasteiger partial charge on any atom is 0.338 e. The number of benzene rings is 1. The van der Waals surface area contributed by atoms with Gasteiger partial charge in [-0.25, -0.2) is 13.2 Å². The quantitative estimate of drug-likeness (QED) is 0.725. The van der Waals surface area contributed by atoms with Crippen molar-refractivity contribution in [3.05, 3.63) is 28.8 Å². The minimum atomic E-state index is -3.78. The summed E-state index contributed by atoms with van der Waals surface area (Å²) in [6.07, 6.45) is 3.66. The van der Waals surface area contributed by atoms with Gasteiger partial charge in [-0.3, -0.25) is 0 Å². The fraction of sp³-hybridized carbons (Fsp3) is 0.611. The zero-order valence-corrected chi connectivity index (χ0v) is 16.4. The van der Waals surface area contributed by atoms with E-state index in [0.717, 1.165) is 25.7 Å². The second-order valence-electron chi connectivity index (χ2n) is 6.95. The van der Waals surface area contributed by atoms with Crippen molar-refractivity contribution in [2.45, 2.75) is 43.6 Å². The summed E-state index contributed by atoms with van der Waals surface area (Å²) in [5.74, 6) is 0.158. The SMILES string of the molecule is CC1CCC(OC(=O)c2ccc(Cl)c(S(=O)(=O)N3CCOCC3)c2)CC1. The number of esters is 1. The summed E-state index contributed by atoms with van der Waals surface area (Å²) >= 11 is 6.12. The third-order valence-electron chi connectivity index (χ3n) is 4.99. The molecule has 1 saturated carbocycles. The van der Waals surface area contributed by atoms with E-state index in [2.05, 4.69) is 6.92 Å². The van der Waals surface area contributed by atoms with Crippen LogP contribution in [0.4, 0.5) is 0 Å². The first-order valence-electron chi connectivity index (χ1n) is 8.96. The Labute approximate surface area is 159 Å². The van der Waals surface area contributed by atoms with Gasteiger partial charge < -0.3 is 9.47 Å². The Bertz CT molecular complexity index is 753. The van der Waals surface area contributed by atoms with Crippen LogP contribution >= 0.6 is 11.6 Å². The molecule has 26 heavy (non-hydrogen) atoms. The molecular formula is C18H24ClNO5S. The van der Waals surface area contributed by atoms with Crippen LogP contribution in [0.25, 0.3) is 0 Å². The molecule has 1 heterocycles. The van der Waals surface area contributed by atoms with Gasteiger partial charge in [-0.05, 0) is 49.8 Å². The average Bonchev–Trinajstić information content (AvgIpc) is 2.64. The van der Waals surface area contributed by atoms with E-state index >= 15 is 0 Å². The fourth-order valence-corrected chi connectivity index (χ4v) is 5.23. The van der Waals surface area contributed by atoms with Crippen LogP contribution in [0, 0.1) is 5.92 Å². The second kappa shape index (κ2) is 8.25. The first kappa shape index (κ1) is 19.6. The average molecular weight is 402 g/mol. The molecule has 1 aliphatic heterocycles. The molecule has 144 valence electrons. The lowest BCUT2D eigenvalue weighted by Crippen LogP contribution is -2.40. The molecular weight excluding hydrogens is 378 g/mol. The van der Waals surface area contributed by atoms with Crippen molar-refractivity contribution in [3.63, 3.8) is 0 Å². The van der Waals surface area contributed by atoms with Crippen LogP contribution in [0.1, 0.15) is 43.0 Å². The fourth-order valence-electron chi connectivity index (χ4n) is 3.32. The maximum atomic E-state index is 12.8. The Morgan fingerprint density at radius 1 is 1.19 bits per heavy atom.